The number of piperidine rings is 1. The minimum absolute atomic E-state index is 0.333. The quantitative estimate of drug-likeness (QED) is 0.843. The molecule has 2 aliphatic heterocycles. The molecule has 6 nitrogen and oxygen atoms in total. The smallest absolute Gasteiger partial charge is 0.171 e. The second-order valence-electron chi connectivity index (χ2n) is 6.03. The molecular weight excluding hydrogens is 280 g/mol. The summed E-state index contributed by atoms with van der Waals surface area (Å²) in [5.74, 6) is 2.40. The third-order valence-electron chi connectivity index (χ3n) is 4.32. The molecule has 0 radical (unpaired) electrons. The molecule has 0 aromatic carbocycles. The van der Waals surface area contributed by atoms with Gasteiger partial charge >= 0.3 is 0 Å². The van der Waals surface area contributed by atoms with Gasteiger partial charge in [-0.05, 0) is 13.3 Å². The number of nitrogens with one attached hydrogen (secondary N) is 1. The molecule has 22 heavy (non-hydrogen) atoms. The van der Waals surface area contributed by atoms with Crippen LogP contribution in [0.25, 0.3) is 0 Å². The van der Waals surface area contributed by atoms with Crippen LogP contribution in [0.4, 0.5) is 11.6 Å². The van der Waals surface area contributed by atoms with Crippen LogP contribution in [0.2, 0.25) is 0 Å². The summed E-state index contributed by atoms with van der Waals surface area (Å²) in [6, 6.07) is 2.05. The maximum Gasteiger partial charge on any atom is 0.171 e. The maximum atomic E-state index is 5.78. The van der Waals surface area contributed by atoms with Crippen LogP contribution < -0.4 is 10.2 Å². The van der Waals surface area contributed by atoms with Crippen LogP contribution in [0.5, 0.6) is 0 Å². The molecule has 3 rings (SSSR count). The van der Waals surface area contributed by atoms with E-state index in [1.54, 1.807) is 0 Å². The van der Waals surface area contributed by atoms with Gasteiger partial charge in [-0.25, -0.2) is 9.97 Å². The average Bonchev–Trinajstić information content (AvgIpc) is 2.96. The van der Waals surface area contributed by atoms with Gasteiger partial charge in [-0.15, -0.1) is 0 Å². The van der Waals surface area contributed by atoms with Gasteiger partial charge in [0.1, 0.15) is 17.5 Å². The number of ether oxygens (including phenoxy) is 2. The molecule has 3 heterocycles. The minimum atomic E-state index is -0.333. The minimum Gasteiger partial charge on any atom is -0.370 e. The Labute approximate surface area is 132 Å². The van der Waals surface area contributed by atoms with E-state index in [0.29, 0.717) is 0 Å². The zero-order chi connectivity index (χ0) is 15.4. The van der Waals surface area contributed by atoms with E-state index >= 15 is 0 Å². The molecule has 1 spiro atoms. The van der Waals surface area contributed by atoms with Crippen molar-refractivity contribution in [1.29, 1.82) is 0 Å². The summed E-state index contributed by atoms with van der Waals surface area (Å²) in [6.45, 7) is 8.35. The van der Waals surface area contributed by atoms with E-state index in [2.05, 4.69) is 33.2 Å². The van der Waals surface area contributed by atoms with Gasteiger partial charge in [-0.2, -0.15) is 0 Å². The van der Waals surface area contributed by atoms with Gasteiger partial charge in [0.15, 0.2) is 5.79 Å². The summed E-state index contributed by atoms with van der Waals surface area (Å²) < 4.78 is 11.6. The number of unbranched alkanes of at least 4 members (excludes halogenated alkanes) is 1. The number of anilines is 2. The molecule has 0 amide bonds. The monoisotopic (exact) mass is 306 g/mol. The predicted octanol–water partition coefficient (Wildman–Crippen LogP) is 2.34. The molecule has 0 aliphatic carbocycles. The SMILES string of the molecule is CCCCNc1cc(N2CCC3(CC2)OCCO3)nc(C)n1. The number of hydrogen-bond donors (Lipinski definition) is 1. The Hall–Kier alpha value is -1.40. The highest BCUT2D eigenvalue weighted by Crippen LogP contribution is 2.33. The fraction of sp³-hybridized carbons (Fsp3) is 0.750. The highest BCUT2D eigenvalue weighted by Gasteiger charge is 2.40. The van der Waals surface area contributed by atoms with E-state index in [-0.39, 0.29) is 5.79 Å². The molecular formula is C16H26N4O2. The molecule has 0 bridgehead atoms. The predicted molar refractivity (Wildman–Crippen MR) is 86.2 cm³/mol. The zero-order valence-corrected chi connectivity index (χ0v) is 13.6. The van der Waals surface area contributed by atoms with Crippen LogP contribution in [0.3, 0.4) is 0 Å². The summed E-state index contributed by atoms with van der Waals surface area (Å²) >= 11 is 0. The summed E-state index contributed by atoms with van der Waals surface area (Å²) in [7, 11) is 0. The molecule has 2 fully saturated rings. The largest absolute Gasteiger partial charge is 0.370 e. The van der Waals surface area contributed by atoms with E-state index in [1.807, 2.05) is 6.92 Å². The highest BCUT2D eigenvalue weighted by atomic mass is 16.7. The second kappa shape index (κ2) is 6.79. The molecule has 1 aromatic rings. The first-order valence-corrected chi connectivity index (χ1v) is 8.33. The molecule has 1 N–H and O–H groups in total. The van der Waals surface area contributed by atoms with Crippen LogP contribution >= 0.6 is 0 Å². The van der Waals surface area contributed by atoms with Gasteiger partial charge in [0.05, 0.1) is 13.2 Å². The van der Waals surface area contributed by atoms with Crippen molar-refractivity contribution in [2.45, 2.75) is 45.3 Å². The summed E-state index contributed by atoms with van der Waals surface area (Å²) in [6.07, 6.45) is 4.13. The van der Waals surface area contributed by atoms with E-state index < -0.39 is 0 Å². The van der Waals surface area contributed by atoms with Crippen molar-refractivity contribution in [1.82, 2.24) is 9.97 Å². The standard InChI is InChI=1S/C16H26N4O2/c1-3-4-7-17-14-12-15(19-13(2)18-14)20-8-5-16(6-9-20)21-10-11-22-16/h12H,3-11H2,1-2H3,(H,17,18,19). The van der Waals surface area contributed by atoms with E-state index in [9.17, 15) is 0 Å². The fourth-order valence-corrected chi connectivity index (χ4v) is 3.06. The number of aromatic nitrogens is 2. The van der Waals surface area contributed by atoms with E-state index in [1.165, 1.54) is 6.42 Å². The zero-order valence-electron chi connectivity index (χ0n) is 13.6. The Morgan fingerprint density at radius 3 is 2.64 bits per heavy atom. The Balaban J connectivity index is 1.64. The van der Waals surface area contributed by atoms with Crippen LogP contribution in [-0.4, -0.2) is 48.6 Å². The normalized spacial score (nSPS) is 20.5. The van der Waals surface area contributed by atoms with Crippen molar-refractivity contribution in [2.75, 3.05) is 43.1 Å². The lowest BCUT2D eigenvalue weighted by molar-refractivity contribution is -0.169. The molecule has 2 aliphatic rings. The third kappa shape index (κ3) is 3.50. The maximum absolute atomic E-state index is 5.78. The number of nitrogens with zero attached hydrogens (tertiary/aromatic N) is 3. The highest BCUT2D eigenvalue weighted by molar-refractivity contribution is 5.49. The lowest BCUT2D eigenvalue weighted by atomic mass is 10.0. The second-order valence-corrected chi connectivity index (χ2v) is 6.03. The van der Waals surface area contributed by atoms with Crippen LogP contribution in [-0.2, 0) is 9.47 Å². The summed E-state index contributed by atoms with van der Waals surface area (Å²) in [5.41, 5.74) is 0. The third-order valence-corrected chi connectivity index (χ3v) is 4.32. The van der Waals surface area contributed by atoms with Gasteiger partial charge in [-0.1, -0.05) is 13.3 Å². The van der Waals surface area contributed by atoms with Crippen LogP contribution in [0.1, 0.15) is 38.4 Å². The lowest BCUT2D eigenvalue weighted by Gasteiger charge is -2.38. The number of hydrogen-bond acceptors (Lipinski definition) is 6. The number of aryl methyl sites for hydroxylation is 1. The molecule has 0 atom stereocenters. The topological polar surface area (TPSA) is 59.5 Å². The first-order chi connectivity index (χ1) is 10.7. The van der Waals surface area contributed by atoms with Crippen molar-refractivity contribution < 1.29 is 9.47 Å². The van der Waals surface area contributed by atoms with Crippen LogP contribution in [0.15, 0.2) is 6.07 Å². The van der Waals surface area contributed by atoms with E-state index in [4.69, 9.17) is 9.47 Å². The van der Waals surface area contributed by atoms with Gasteiger partial charge in [-0.3, -0.25) is 0 Å². The first-order valence-electron chi connectivity index (χ1n) is 8.33. The molecule has 0 saturated carbocycles. The van der Waals surface area contributed by atoms with Gasteiger partial charge < -0.3 is 19.7 Å². The Morgan fingerprint density at radius 2 is 1.95 bits per heavy atom. The van der Waals surface area contributed by atoms with Gasteiger partial charge in [0.25, 0.3) is 0 Å². The van der Waals surface area contributed by atoms with Crippen molar-refractivity contribution in [3.8, 4) is 0 Å². The number of rotatable bonds is 5. The molecule has 122 valence electrons. The van der Waals surface area contributed by atoms with Crippen LogP contribution in [0, 0.1) is 6.92 Å². The lowest BCUT2D eigenvalue weighted by Crippen LogP contribution is -2.45. The van der Waals surface area contributed by atoms with Crippen molar-refractivity contribution in [3.05, 3.63) is 11.9 Å². The van der Waals surface area contributed by atoms with Crippen molar-refractivity contribution in [2.24, 2.45) is 0 Å². The summed E-state index contributed by atoms with van der Waals surface area (Å²) in [4.78, 5) is 11.4. The Morgan fingerprint density at radius 1 is 1.23 bits per heavy atom. The first kappa shape index (κ1) is 15.5. The fourth-order valence-electron chi connectivity index (χ4n) is 3.06. The average molecular weight is 306 g/mol. The van der Waals surface area contributed by atoms with E-state index in [0.717, 1.165) is 69.6 Å². The van der Waals surface area contributed by atoms with Gasteiger partial charge in [0.2, 0.25) is 0 Å². The molecule has 1 aromatic heterocycles. The Bertz CT molecular complexity index is 493. The van der Waals surface area contributed by atoms with Crippen molar-refractivity contribution in [3.63, 3.8) is 0 Å². The summed E-state index contributed by atoms with van der Waals surface area (Å²) in [5, 5.41) is 3.39. The molecule has 2 saturated heterocycles. The van der Waals surface area contributed by atoms with Crippen molar-refractivity contribution >= 4 is 11.6 Å². The molecule has 0 unspecified atom stereocenters. The molecule has 6 heteroatoms. The Kier molecular flexibility index (Phi) is 4.78. The van der Waals surface area contributed by atoms with Gasteiger partial charge in [0, 0.05) is 38.5 Å².